The Kier molecular flexibility index (Phi) is 2.11. The van der Waals surface area contributed by atoms with Crippen LogP contribution in [-0.4, -0.2) is 19.3 Å². The van der Waals surface area contributed by atoms with Crippen molar-refractivity contribution in [3.63, 3.8) is 0 Å². The van der Waals surface area contributed by atoms with Crippen molar-refractivity contribution in [2.75, 3.05) is 5.43 Å². The van der Waals surface area contributed by atoms with Gasteiger partial charge in [-0.1, -0.05) is 0 Å². The Hall–Kier alpha value is -2.30. The van der Waals surface area contributed by atoms with E-state index in [0.29, 0.717) is 0 Å². The summed E-state index contributed by atoms with van der Waals surface area (Å²) < 4.78 is 3.75. The molecule has 3 aromatic heterocycles. The number of nitrogens with zero attached hydrogens (tertiary/aromatic N) is 4. The van der Waals surface area contributed by atoms with E-state index in [4.69, 9.17) is 0 Å². The lowest BCUT2D eigenvalue weighted by Gasteiger charge is -2.11. The van der Waals surface area contributed by atoms with E-state index in [1.54, 1.807) is 10.7 Å². The summed E-state index contributed by atoms with van der Waals surface area (Å²) in [6.45, 7) is 4.11. The summed E-state index contributed by atoms with van der Waals surface area (Å²) in [6, 6.07) is 7.92. The van der Waals surface area contributed by atoms with Crippen molar-refractivity contribution in [3.05, 3.63) is 48.0 Å². The zero-order chi connectivity index (χ0) is 11.8. The number of fused-ring (bicyclic) bond motifs is 1. The first-order valence-electron chi connectivity index (χ1n) is 5.46. The summed E-state index contributed by atoms with van der Waals surface area (Å²) in [5.41, 5.74) is 6.40. The van der Waals surface area contributed by atoms with Crippen LogP contribution in [-0.2, 0) is 0 Å². The van der Waals surface area contributed by atoms with Crippen LogP contribution >= 0.6 is 0 Å². The van der Waals surface area contributed by atoms with Gasteiger partial charge in [0.25, 0.3) is 0 Å². The van der Waals surface area contributed by atoms with E-state index in [0.717, 1.165) is 22.9 Å². The molecule has 0 fully saturated rings. The average molecular weight is 227 g/mol. The molecular weight excluding hydrogens is 214 g/mol. The Morgan fingerprint density at radius 2 is 1.82 bits per heavy atom. The standard InChI is InChI=1S/C12H13N5/c1-9-3-4-10(2)17(9)15-11-6-8-16-12(14-11)5-7-13-16/h3-8H,1-2H3,(H,14,15). The van der Waals surface area contributed by atoms with Gasteiger partial charge in [-0.2, -0.15) is 5.10 Å². The SMILES string of the molecule is Cc1ccc(C)n1Nc1ccn2nccc2n1. The fourth-order valence-electron chi connectivity index (χ4n) is 1.83. The lowest BCUT2D eigenvalue weighted by molar-refractivity contribution is 0.863. The molecule has 86 valence electrons. The van der Waals surface area contributed by atoms with Crippen molar-refractivity contribution in [2.24, 2.45) is 0 Å². The molecule has 3 rings (SSSR count). The Morgan fingerprint density at radius 3 is 2.59 bits per heavy atom. The monoisotopic (exact) mass is 227 g/mol. The lowest BCUT2D eigenvalue weighted by atomic mass is 10.5. The summed E-state index contributed by atoms with van der Waals surface area (Å²) in [5.74, 6) is 0.806. The Labute approximate surface area is 98.7 Å². The van der Waals surface area contributed by atoms with Crippen LogP contribution < -0.4 is 5.43 Å². The van der Waals surface area contributed by atoms with Crippen LogP contribution in [0.4, 0.5) is 5.82 Å². The van der Waals surface area contributed by atoms with Gasteiger partial charge >= 0.3 is 0 Å². The third kappa shape index (κ3) is 1.65. The number of anilines is 1. The van der Waals surface area contributed by atoms with Crippen LogP contribution in [0.25, 0.3) is 5.65 Å². The smallest absolute Gasteiger partial charge is 0.157 e. The third-order valence-electron chi connectivity index (χ3n) is 2.76. The highest BCUT2D eigenvalue weighted by atomic mass is 15.4. The molecule has 0 bridgehead atoms. The normalized spacial score (nSPS) is 10.9. The molecule has 0 radical (unpaired) electrons. The van der Waals surface area contributed by atoms with E-state index >= 15 is 0 Å². The molecule has 5 nitrogen and oxygen atoms in total. The van der Waals surface area contributed by atoms with Gasteiger partial charge in [-0.25, -0.2) is 9.50 Å². The van der Waals surface area contributed by atoms with Gasteiger partial charge in [-0.05, 0) is 26.0 Å². The molecule has 3 heterocycles. The van der Waals surface area contributed by atoms with Gasteiger partial charge in [-0.3, -0.25) is 10.1 Å². The van der Waals surface area contributed by atoms with Gasteiger partial charge in [-0.15, -0.1) is 0 Å². The minimum atomic E-state index is 0.806. The molecule has 0 atom stereocenters. The molecule has 0 aliphatic rings. The molecule has 0 amide bonds. The summed E-state index contributed by atoms with van der Waals surface area (Å²) in [5, 5.41) is 4.11. The van der Waals surface area contributed by atoms with Gasteiger partial charge in [0.15, 0.2) is 5.65 Å². The van der Waals surface area contributed by atoms with Crippen molar-refractivity contribution >= 4 is 11.5 Å². The topological polar surface area (TPSA) is 47.2 Å². The largest absolute Gasteiger partial charge is 0.277 e. The van der Waals surface area contributed by atoms with Crippen molar-refractivity contribution < 1.29 is 0 Å². The second-order valence-electron chi connectivity index (χ2n) is 4.01. The lowest BCUT2D eigenvalue weighted by Crippen LogP contribution is -2.13. The molecule has 0 unspecified atom stereocenters. The van der Waals surface area contributed by atoms with Crippen molar-refractivity contribution in [2.45, 2.75) is 13.8 Å². The molecule has 0 aromatic carbocycles. The molecule has 0 saturated carbocycles. The van der Waals surface area contributed by atoms with E-state index in [9.17, 15) is 0 Å². The number of hydrogen-bond donors (Lipinski definition) is 1. The maximum absolute atomic E-state index is 4.46. The zero-order valence-electron chi connectivity index (χ0n) is 9.75. The zero-order valence-corrected chi connectivity index (χ0v) is 9.75. The summed E-state index contributed by atoms with van der Waals surface area (Å²) in [7, 11) is 0. The molecule has 0 aliphatic carbocycles. The average Bonchev–Trinajstić information content (AvgIpc) is 2.90. The molecular formula is C12H13N5. The van der Waals surface area contributed by atoms with Crippen LogP contribution in [0, 0.1) is 13.8 Å². The highest BCUT2D eigenvalue weighted by Gasteiger charge is 2.03. The first-order chi connectivity index (χ1) is 8.24. The summed E-state index contributed by atoms with van der Waals surface area (Å²) in [6.07, 6.45) is 3.62. The Balaban J connectivity index is 1.99. The highest BCUT2D eigenvalue weighted by Crippen LogP contribution is 2.10. The van der Waals surface area contributed by atoms with Crippen LogP contribution in [0.1, 0.15) is 11.4 Å². The third-order valence-corrected chi connectivity index (χ3v) is 2.76. The van der Waals surface area contributed by atoms with Gasteiger partial charge in [0.05, 0.1) is 6.20 Å². The molecule has 3 aromatic rings. The number of aryl methyl sites for hydroxylation is 2. The quantitative estimate of drug-likeness (QED) is 0.728. The fourth-order valence-corrected chi connectivity index (χ4v) is 1.83. The van der Waals surface area contributed by atoms with Crippen LogP contribution in [0.5, 0.6) is 0 Å². The van der Waals surface area contributed by atoms with Gasteiger partial charge in [0.1, 0.15) is 5.82 Å². The predicted octanol–water partition coefficient (Wildman–Crippen LogP) is 2.02. The molecule has 0 saturated heterocycles. The van der Waals surface area contributed by atoms with E-state index in [1.807, 2.05) is 23.0 Å². The highest BCUT2D eigenvalue weighted by molar-refractivity contribution is 5.45. The minimum Gasteiger partial charge on any atom is -0.277 e. The second kappa shape index (κ2) is 3.62. The minimum absolute atomic E-state index is 0.806. The fraction of sp³-hybridized carbons (Fsp3) is 0.167. The molecule has 5 heteroatoms. The Morgan fingerprint density at radius 1 is 1.06 bits per heavy atom. The number of hydrogen-bond acceptors (Lipinski definition) is 3. The second-order valence-corrected chi connectivity index (χ2v) is 4.01. The van der Waals surface area contributed by atoms with E-state index in [2.05, 4.69) is 41.5 Å². The van der Waals surface area contributed by atoms with Gasteiger partial charge in [0.2, 0.25) is 0 Å². The molecule has 0 spiro atoms. The summed E-state index contributed by atoms with van der Waals surface area (Å²) in [4.78, 5) is 4.46. The number of rotatable bonds is 2. The van der Waals surface area contributed by atoms with Crippen molar-refractivity contribution in [3.8, 4) is 0 Å². The maximum Gasteiger partial charge on any atom is 0.157 e. The summed E-state index contributed by atoms with van der Waals surface area (Å²) >= 11 is 0. The number of nitrogens with one attached hydrogen (secondary N) is 1. The first kappa shape index (κ1) is 9.89. The molecule has 17 heavy (non-hydrogen) atoms. The van der Waals surface area contributed by atoms with E-state index in [1.165, 1.54) is 0 Å². The van der Waals surface area contributed by atoms with Crippen molar-refractivity contribution in [1.82, 2.24) is 19.3 Å². The predicted molar refractivity (Wildman–Crippen MR) is 65.9 cm³/mol. The first-order valence-corrected chi connectivity index (χ1v) is 5.46. The van der Waals surface area contributed by atoms with Crippen LogP contribution in [0.15, 0.2) is 36.7 Å². The van der Waals surface area contributed by atoms with E-state index in [-0.39, 0.29) is 0 Å². The Bertz CT molecular complexity index is 645. The number of aromatic nitrogens is 4. The molecule has 1 N–H and O–H groups in total. The molecule has 0 aliphatic heterocycles. The van der Waals surface area contributed by atoms with Crippen LogP contribution in [0.3, 0.4) is 0 Å². The van der Waals surface area contributed by atoms with Gasteiger partial charge < -0.3 is 0 Å². The maximum atomic E-state index is 4.46. The van der Waals surface area contributed by atoms with Crippen molar-refractivity contribution in [1.29, 1.82) is 0 Å². The van der Waals surface area contributed by atoms with Gasteiger partial charge in [0, 0.05) is 29.7 Å². The van der Waals surface area contributed by atoms with Crippen LogP contribution in [0.2, 0.25) is 0 Å². The van der Waals surface area contributed by atoms with E-state index < -0.39 is 0 Å².